The maximum Gasteiger partial charge on any atom is 0.256 e. The van der Waals surface area contributed by atoms with Gasteiger partial charge in [0.05, 0.1) is 5.69 Å². The van der Waals surface area contributed by atoms with Gasteiger partial charge in [-0.1, -0.05) is 6.07 Å². The van der Waals surface area contributed by atoms with Gasteiger partial charge in [-0.2, -0.15) is 0 Å². The first-order valence-corrected chi connectivity index (χ1v) is 6.09. The lowest BCUT2D eigenvalue weighted by molar-refractivity contribution is 0.102. The Morgan fingerprint density at radius 1 is 1.33 bits per heavy atom. The van der Waals surface area contributed by atoms with E-state index in [-0.39, 0.29) is 11.7 Å². The van der Waals surface area contributed by atoms with E-state index < -0.39 is 0 Å². The summed E-state index contributed by atoms with van der Waals surface area (Å²) in [6.45, 7) is 1.70. The Morgan fingerprint density at radius 3 is 2.83 bits per heavy atom. The number of benzene rings is 1. The Bertz CT molecular complexity index is 599. The molecule has 0 aliphatic heterocycles. The van der Waals surface area contributed by atoms with Crippen LogP contribution in [0.2, 0.25) is 0 Å². The van der Waals surface area contributed by atoms with E-state index in [4.69, 9.17) is 0 Å². The van der Waals surface area contributed by atoms with Crippen LogP contribution in [0.4, 0.5) is 5.69 Å². The number of carbonyl (C=O) groups excluding carboxylic acids is 1. The van der Waals surface area contributed by atoms with Gasteiger partial charge in [-0.25, -0.2) is 4.98 Å². The number of phenolic OH excluding ortho intramolecular Hbond substituents is 1. The predicted molar refractivity (Wildman–Crippen MR) is 72.7 cm³/mol. The fourth-order valence-corrected chi connectivity index (χ4v) is 1.89. The Kier molecular flexibility index (Phi) is 3.62. The van der Waals surface area contributed by atoms with Crippen molar-refractivity contribution in [3.63, 3.8) is 0 Å². The van der Waals surface area contributed by atoms with Gasteiger partial charge in [0.2, 0.25) is 0 Å². The highest BCUT2D eigenvalue weighted by molar-refractivity contribution is 9.10. The third-order valence-corrected chi connectivity index (χ3v) is 3.19. The summed E-state index contributed by atoms with van der Waals surface area (Å²) < 4.78 is 0.566. The molecule has 0 saturated heterocycles. The zero-order valence-corrected chi connectivity index (χ0v) is 11.2. The molecular formula is C13H11BrN2O2. The lowest BCUT2D eigenvalue weighted by atomic mass is 10.1. The van der Waals surface area contributed by atoms with Crippen molar-refractivity contribution in [2.24, 2.45) is 0 Å². The normalized spacial score (nSPS) is 10.1. The lowest BCUT2D eigenvalue weighted by Crippen LogP contribution is -2.13. The lowest BCUT2D eigenvalue weighted by Gasteiger charge is -2.09. The van der Waals surface area contributed by atoms with Crippen LogP contribution in [0, 0.1) is 6.92 Å². The zero-order valence-electron chi connectivity index (χ0n) is 9.64. The number of hydrogen-bond donors (Lipinski definition) is 2. The molecule has 1 amide bonds. The van der Waals surface area contributed by atoms with Crippen molar-refractivity contribution in [2.75, 3.05) is 5.32 Å². The van der Waals surface area contributed by atoms with E-state index >= 15 is 0 Å². The van der Waals surface area contributed by atoms with Crippen molar-refractivity contribution >= 4 is 27.5 Å². The van der Waals surface area contributed by atoms with Gasteiger partial charge in [0.25, 0.3) is 5.91 Å². The van der Waals surface area contributed by atoms with E-state index in [1.54, 1.807) is 43.5 Å². The van der Waals surface area contributed by atoms with E-state index in [2.05, 4.69) is 26.2 Å². The van der Waals surface area contributed by atoms with Crippen molar-refractivity contribution in [3.8, 4) is 5.75 Å². The second kappa shape index (κ2) is 5.18. The highest BCUT2D eigenvalue weighted by Crippen LogP contribution is 2.23. The van der Waals surface area contributed by atoms with Crippen LogP contribution in [0.25, 0.3) is 0 Å². The van der Waals surface area contributed by atoms with Crippen LogP contribution in [0.3, 0.4) is 0 Å². The molecule has 1 heterocycles. The van der Waals surface area contributed by atoms with E-state index in [1.807, 2.05) is 0 Å². The number of halogens is 1. The number of carbonyl (C=O) groups is 1. The summed E-state index contributed by atoms with van der Waals surface area (Å²) in [5, 5.41) is 12.3. The van der Waals surface area contributed by atoms with Gasteiger partial charge < -0.3 is 10.4 Å². The van der Waals surface area contributed by atoms with Crippen LogP contribution in [-0.4, -0.2) is 16.0 Å². The Labute approximate surface area is 113 Å². The number of nitrogens with zero attached hydrogens (tertiary/aromatic N) is 1. The summed E-state index contributed by atoms with van der Waals surface area (Å²) >= 11 is 3.26. The molecule has 4 nitrogen and oxygen atoms in total. The molecule has 0 bridgehead atoms. The highest BCUT2D eigenvalue weighted by Gasteiger charge is 2.12. The first-order valence-electron chi connectivity index (χ1n) is 5.30. The van der Waals surface area contributed by atoms with E-state index in [0.717, 1.165) is 0 Å². The summed E-state index contributed by atoms with van der Waals surface area (Å²) in [5.74, 6) is -0.176. The van der Waals surface area contributed by atoms with Gasteiger partial charge >= 0.3 is 0 Å². The molecule has 2 rings (SSSR count). The molecule has 0 unspecified atom stereocenters. The number of phenols is 1. The summed E-state index contributed by atoms with van der Waals surface area (Å²) in [6.07, 6.45) is 1.62. The van der Waals surface area contributed by atoms with Crippen LogP contribution in [-0.2, 0) is 0 Å². The van der Waals surface area contributed by atoms with Crippen molar-refractivity contribution in [1.82, 2.24) is 4.98 Å². The van der Waals surface area contributed by atoms with Crippen LogP contribution in [0.1, 0.15) is 15.9 Å². The third kappa shape index (κ3) is 2.51. The standard InChI is InChI=1S/C13H11BrN2O2/c1-8-9(4-2-6-11(8)17)13(18)16-10-5-3-7-15-12(10)14/h2-7,17H,1H3,(H,16,18). The van der Waals surface area contributed by atoms with Crippen molar-refractivity contribution in [3.05, 3.63) is 52.3 Å². The molecule has 2 N–H and O–H groups in total. The number of rotatable bonds is 2. The molecule has 0 fully saturated rings. The van der Waals surface area contributed by atoms with Crippen LogP contribution in [0.15, 0.2) is 41.1 Å². The minimum absolute atomic E-state index is 0.105. The summed E-state index contributed by atoms with van der Waals surface area (Å²) in [6, 6.07) is 8.32. The predicted octanol–water partition coefficient (Wildman–Crippen LogP) is 3.11. The summed E-state index contributed by atoms with van der Waals surface area (Å²) in [5.41, 5.74) is 1.58. The van der Waals surface area contributed by atoms with E-state index in [1.165, 1.54) is 0 Å². The molecule has 2 aromatic rings. The number of amides is 1. The molecule has 5 heteroatoms. The van der Waals surface area contributed by atoms with Gasteiger partial charge in [0.1, 0.15) is 10.4 Å². The molecule has 0 spiro atoms. The first-order chi connectivity index (χ1) is 8.59. The fourth-order valence-electron chi connectivity index (χ4n) is 1.54. The van der Waals surface area contributed by atoms with Crippen LogP contribution < -0.4 is 5.32 Å². The van der Waals surface area contributed by atoms with Gasteiger partial charge in [-0.15, -0.1) is 0 Å². The number of hydrogen-bond acceptors (Lipinski definition) is 3. The second-order valence-corrected chi connectivity index (χ2v) is 4.50. The maximum atomic E-state index is 12.1. The zero-order chi connectivity index (χ0) is 13.1. The smallest absolute Gasteiger partial charge is 0.256 e. The van der Waals surface area contributed by atoms with Crippen molar-refractivity contribution in [2.45, 2.75) is 6.92 Å². The third-order valence-electron chi connectivity index (χ3n) is 2.56. The average Bonchev–Trinajstić information content (AvgIpc) is 2.35. The summed E-state index contributed by atoms with van der Waals surface area (Å²) in [4.78, 5) is 16.1. The Morgan fingerprint density at radius 2 is 2.11 bits per heavy atom. The monoisotopic (exact) mass is 306 g/mol. The molecule has 0 aliphatic carbocycles. The largest absolute Gasteiger partial charge is 0.508 e. The molecule has 92 valence electrons. The SMILES string of the molecule is Cc1c(O)cccc1C(=O)Nc1cccnc1Br. The summed E-state index contributed by atoms with van der Waals surface area (Å²) in [7, 11) is 0. The minimum atomic E-state index is -0.280. The molecule has 0 radical (unpaired) electrons. The second-order valence-electron chi connectivity index (χ2n) is 3.75. The van der Waals surface area contributed by atoms with Crippen LogP contribution >= 0.6 is 15.9 Å². The number of aromatic nitrogens is 1. The molecule has 1 aromatic carbocycles. The Balaban J connectivity index is 2.28. The first kappa shape index (κ1) is 12.6. The van der Waals surface area contributed by atoms with Gasteiger partial charge in [-0.05, 0) is 47.1 Å². The molecule has 18 heavy (non-hydrogen) atoms. The van der Waals surface area contributed by atoms with Crippen LogP contribution in [0.5, 0.6) is 5.75 Å². The van der Waals surface area contributed by atoms with Crippen molar-refractivity contribution < 1.29 is 9.90 Å². The van der Waals surface area contributed by atoms with E-state index in [9.17, 15) is 9.90 Å². The number of nitrogens with one attached hydrogen (secondary N) is 1. The van der Waals surface area contributed by atoms with Crippen molar-refractivity contribution in [1.29, 1.82) is 0 Å². The number of pyridine rings is 1. The topological polar surface area (TPSA) is 62.2 Å². The van der Waals surface area contributed by atoms with Gasteiger partial charge in [0.15, 0.2) is 0 Å². The number of anilines is 1. The maximum absolute atomic E-state index is 12.1. The fraction of sp³-hybridized carbons (Fsp3) is 0.0769. The molecule has 0 saturated carbocycles. The minimum Gasteiger partial charge on any atom is -0.508 e. The van der Waals surface area contributed by atoms with Gasteiger partial charge in [-0.3, -0.25) is 4.79 Å². The molecular weight excluding hydrogens is 296 g/mol. The molecule has 1 aromatic heterocycles. The van der Waals surface area contributed by atoms with Gasteiger partial charge in [0, 0.05) is 17.3 Å². The highest BCUT2D eigenvalue weighted by atomic mass is 79.9. The average molecular weight is 307 g/mol. The van der Waals surface area contributed by atoms with E-state index in [0.29, 0.717) is 21.4 Å². The molecule has 0 atom stereocenters. The quantitative estimate of drug-likeness (QED) is 0.838. The molecule has 0 aliphatic rings. The number of aromatic hydroxyl groups is 1. The Hall–Kier alpha value is -1.88.